The largest absolute Gasteiger partial charge is 0.480 e. The first-order chi connectivity index (χ1) is 12.2. The van der Waals surface area contributed by atoms with Gasteiger partial charge in [0.05, 0.1) is 4.90 Å². The molecule has 2 rings (SSSR count). The van der Waals surface area contributed by atoms with E-state index in [1.54, 1.807) is 30.3 Å². The minimum absolute atomic E-state index is 0.147. The second-order valence-corrected chi connectivity index (χ2v) is 8.96. The van der Waals surface area contributed by atoms with Gasteiger partial charge in [-0.2, -0.15) is 4.31 Å². The molecule has 0 aliphatic carbocycles. The predicted octanol–water partition coefficient (Wildman–Crippen LogP) is 1.70. The minimum Gasteiger partial charge on any atom is -0.480 e. The van der Waals surface area contributed by atoms with Gasteiger partial charge in [-0.3, -0.25) is 4.79 Å². The Kier molecular flexibility index (Phi) is 6.77. The van der Waals surface area contributed by atoms with Crippen molar-refractivity contribution in [1.82, 2.24) is 9.62 Å². The number of carbonyl (C=O) groups excluding carboxylic acids is 1. The molecule has 0 bridgehead atoms. The van der Waals surface area contributed by atoms with Crippen molar-refractivity contribution in [2.45, 2.75) is 44.0 Å². The van der Waals surface area contributed by atoms with E-state index in [9.17, 15) is 23.1 Å². The topological polar surface area (TPSA) is 104 Å². The summed E-state index contributed by atoms with van der Waals surface area (Å²) in [5, 5.41) is 11.8. The second kappa shape index (κ2) is 8.64. The Labute approximate surface area is 154 Å². The lowest BCUT2D eigenvalue weighted by Crippen LogP contribution is -2.47. The van der Waals surface area contributed by atoms with Gasteiger partial charge in [0.1, 0.15) is 6.04 Å². The van der Waals surface area contributed by atoms with Gasteiger partial charge in [0.2, 0.25) is 15.9 Å². The van der Waals surface area contributed by atoms with Crippen LogP contribution in [-0.4, -0.2) is 48.8 Å². The predicted molar refractivity (Wildman–Crippen MR) is 96.9 cm³/mol. The van der Waals surface area contributed by atoms with Crippen LogP contribution in [0.1, 0.15) is 33.1 Å². The molecule has 7 nitrogen and oxygen atoms in total. The summed E-state index contributed by atoms with van der Waals surface area (Å²) >= 11 is 0. The zero-order valence-corrected chi connectivity index (χ0v) is 15.9. The molecular weight excluding hydrogens is 356 g/mol. The van der Waals surface area contributed by atoms with E-state index in [2.05, 4.69) is 5.32 Å². The van der Waals surface area contributed by atoms with Crippen LogP contribution in [0.25, 0.3) is 0 Å². The van der Waals surface area contributed by atoms with E-state index < -0.39 is 22.0 Å². The molecule has 1 aliphatic rings. The normalized spacial score (nSPS) is 17.8. The molecule has 144 valence electrons. The van der Waals surface area contributed by atoms with E-state index in [-0.39, 0.29) is 35.7 Å². The van der Waals surface area contributed by atoms with Crippen LogP contribution in [0.2, 0.25) is 0 Å². The molecule has 1 fully saturated rings. The second-order valence-electron chi connectivity index (χ2n) is 7.02. The molecule has 0 unspecified atom stereocenters. The van der Waals surface area contributed by atoms with Crippen LogP contribution < -0.4 is 5.32 Å². The smallest absolute Gasteiger partial charge is 0.326 e. The quantitative estimate of drug-likeness (QED) is 0.747. The number of amides is 1. The third kappa shape index (κ3) is 5.04. The van der Waals surface area contributed by atoms with Crippen molar-refractivity contribution in [2.75, 3.05) is 13.1 Å². The number of carboxylic acid groups (broad SMARTS) is 1. The van der Waals surface area contributed by atoms with Crippen molar-refractivity contribution in [3.05, 3.63) is 30.3 Å². The molecular formula is C18H26N2O5S. The van der Waals surface area contributed by atoms with Crippen molar-refractivity contribution in [2.24, 2.45) is 11.8 Å². The summed E-state index contributed by atoms with van der Waals surface area (Å²) in [4.78, 5) is 23.9. The van der Waals surface area contributed by atoms with Gasteiger partial charge in [-0.1, -0.05) is 32.0 Å². The molecule has 1 aromatic rings. The fourth-order valence-corrected chi connectivity index (χ4v) is 4.57. The highest BCUT2D eigenvalue weighted by Crippen LogP contribution is 2.24. The summed E-state index contributed by atoms with van der Waals surface area (Å²) in [5.41, 5.74) is 0. The van der Waals surface area contributed by atoms with Crippen LogP contribution in [0.5, 0.6) is 0 Å². The van der Waals surface area contributed by atoms with Crippen molar-refractivity contribution in [1.29, 1.82) is 0 Å². The maximum Gasteiger partial charge on any atom is 0.326 e. The molecule has 1 saturated heterocycles. The number of nitrogens with zero attached hydrogens (tertiary/aromatic N) is 1. The number of carboxylic acids is 1. The van der Waals surface area contributed by atoms with Gasteiger partial charge in [-0.15, -0.1) is 0 Å². The van der Waals surface area contributed by atoms with Crippen LogP contribution in [-0.2, 0) is 19.6 Å². The van der Waals surface area contributed by atoms with E-state index in [0.717, 1.165) is 0 Å². The summed E-state index contributed by atoms with van der Waals surface area (Å²) in [6, 6.07) is 7.30. The van der Waals surface area contributed by atoms with Crippen molar-refractivity contribution in [3.8, 4) is 0 Å². The number of hydrogen-bond donors (Lipinski definition) is 2. The number of sulfonamides is 1. The third-order valence-corrected chi connectivity index (χ3v) is 6.44. The number of hydrogen-bond acceptors (Lipinski definition) is 4. The Morgan fingerprint density at radius 2 is 1.77 bits per heavy atom. The summed E-state index contributed by atoms with van der Waals surface area (Å²) in [5.74, 6) is -1.58. The Balaban J connectivity index is 1.95. The molecule has 26 heavy (non-hydrogen) atoms. The Morgan fingerprint density at radius 1 is 1.19 bits per heavy atom. The summed E-state index contributed by atoms with van der Waals surface area (Å²) < 4.78 is 26.6. The maximum absolute atomic E-state index is 12.6. The average Bonchev–Trinajstić information content (AvgIpc) is 2.61. The number of piperidine rings is 1. The Hall–Kier alpha value is -1.93. The molecule has 2 N–H and O–H groups in total. The van der Waals surface area contributed by atoms with E-state index in [1.165, 1.54) is 4.31 Å². The van der Waals surface area contributed by atoms with Gasteiger partial charge in [0, 0.05) is 19.0 Å². The van der Waals surface area contributed by atoms with Crippen LogP contribution in [0.4, 0.5) is 0 Å². The fraction of sp³-hybridized carbons (Fsp3) is 0.556. The standard InChI is InChI=1S/C18H26N2O5S/c1-13(2)12-16(18(22)23)19-17(21)14-8-10-20(11-9-14)26(24,25)15-6-4-3-5-7-15/h3-7,13-14,16H,8-12H2,1-2H3,(H,19,21)(H,22,23)/t16-/m0/s1. The number of rotatable bonds is 7. The lowest BCUT2D eigenvalue weighted by Gasteiger charge is -2.31. The number of nitrogens with one attached hydrogen (secondary N) is 1. The summed E-state index contributed by atoms with van der Waals surface area (Å²) in [7, 11) is -3.56. The van der Waals surface area contributed by atoms with E-state index >= 15 is 0 Å². The maximum atomic E-state index is 12.6. The highest BCUT2D eigenvalue weighted by molar-refractivity contribution is 7.89. The average molecular weight is 382 g/mol. The molecule has 1 aliphatic heterocycles. The van der Waals surface area contributed by atoms with Gasteiger partial charge in [-0.05, 0) is 37.3 Å². The van der Waals surface area contributed by atoms with Crippen molar-refractivity contribution < 1.29 is 23.1 Å². The lowest BCUT2D eigenvalue weighted by molar-refractivity contribution is -0.143. The molecule has 0 aromatic heterocycles. The van der Waals surface area contributed by atoms with E-state index in [1.807, 2.05) is 13.8 Å². The molecule has 0 radical (unpaired) electrons. The highest BCUT2D eigenvalue weighted by atomic mass is 32.2. The molecule has 1 atom stereocenters. The number of aliphatic carboxylic acids is 1. The van der Waals surface area contributed by atoms with Gasteiger partial charge in [0.15, 0.2) is 0 Å². The summed E-state index contributed by atoms with van der Waals surface area (Å²) in [6.45, 7) is 4.29. The van der Waals surface area contributed by atoms with Crippen LogP contribution in [0.3, 0.4) is 0 Å². The van der Waals surface area contributed by atoms with E-state index in [0.29, 0.717) is 19.3 Å². The van der Waals surface area contributed by atoms with E-state index in [4.69, 9.17) is 0 Å². The monoisotopic (exact) mass is 382 g/mol. The fourth-order valence-electron chi connectivity index (χ4n) is 3.08. The Morgan fingerprint density at radius 3 is 2.27 bits per heavy atom. The molecule has 1 amide bonds. The van der Waals surface area contributed by atoms with Gasteiger partial charge < -0.3 is 10.4 Å². The van der Waals surface area contributed by atoms with Crippen molar-refractivity contribution in [3.63, 3.8) is 0 Å². The zero-order valence-electron chi connectivity index (χ0n) is 15.1. The van der Waals surface area contributed by atoms with Crippen LogP contribution in [0.15, 0.2) is 35.2 Å². The van der Waals surface area contributed by atoms with Gasteiger partial charge >= 0.3 is 5.97 Å². The first-order valence-corrected chi connectivity index (χ1v) is 10.2. The van der Waals surface area contributed by atoms with Crippen LogP contribution in [0, 0.1) is 11.8 Å². The molecule has 1 aromatic carbocycles. The molecule has 0 saturated carbocycles. The first kappa shape index (κ1) is 20.4. The molecule has 0 spiro atoms. The van der Waals surface area contributed by atoms with Crippen molar-refractivity contribution >= 4 is 21.9 Å². The number of benzene rings is 1. The first-order valence-electron chi connectivity index (χ1n) is 8.80. The van der Waals surface area contributed by atoms with Gasteiger partial charge in [-0.25, -0.2) is 13.2 Å². The SMILES string of the molecule is CC(C)C[C@H](NC(=O)C1CCN(S(=O)(=O)c2ccccc2)CC1)C(=O)O. The number of carbonyl (C=O) groups is 2. The minimum atomic E-state index is -3.56. The van der Waals surface area contributed by atoms with Gasteiger partial charge in [0.25, 0.3) is 0 Å². The third-order valence-electron chi connectivity index (χ3n) is 4.53. The summed E-state index contributed by atoms with van der Waals surface area (Å²) in [6.07, 6.45) is 1.13. The highest BCUT2D eigenvalue weighted by Gasteiger charge is 2.33. The lowest BCUT2D eigenvalue weighted by atomic mass is 9.96. The zero-order chi connectivity index (χ0) is 19.3. The molecule has 8 heteroatoms. The molecule has 1 heterocycles. The Bertz CT molecular complexity index is 725. The van der Waals surface area contributed by atoms with Crippen LogP contribution >= 0.6 is 0 Å².